The Morgan fingerprint density at radius 1 is 1.24 bits per heavy atom. The van der Waals surface area contributed by atoms with Crippen LogP contribution >= 0.6 is 31.9 Å². The van der Waals surface area contributed by atoms with Crippen molar-refractivity contribution < 1.29 is 5.11 Å². The maximum atomic E-state index is 10.3. The molecule has 3 rings (SSSR count). The highest BCUT2D eigenvalue weighted by Gasteiger charge is 2.27. The number of hydrogen-bond acceptors (Lipinski definition) is 3. The summed E-state index contributed by atoms with van der Waals surface area (Å²) in [5.41, 5.74) is 1.61. The van der Waals surface area contributed by atoms with E-state index in [9.17, 15) is 5.11 Å². The van der Waals surface area contributed by atoms with Gasteiger partial charge in [-0.25, -0.2) is 4.99 Å². The Labute approximate surface area is 115 Å². The zero-order valence-corrected chi connectivity index (χ0v) is 11.8. The third-order valence-electron chi connectivity index (χ3n) is 2.68. The third-order valence-corrected chi connectivity index (χ3v) is 3.65. The van der Waals surface area contributed by atoms with E-state index in [-0.39, 0.29) is 0 Å². The van der Waals surface area contributed by atoms with E-state index in [1.54, 1.807) is 4.90 Å². The number of rotatable bonds is 0. The first-order chi connectivity index (χ1) is 8.15. The quantitative estimate of drug-likeness (QED) is 0.771. The van der Waals surface area contributed by atoms with Gasteiger partial charge in [-0.05, 0) is 46.3 Å². The van der Waals surface area contributed by atoms with Crippen molar-refractivity contribution in [1.82, 2.24) is 4.90 Å². The summed E-state index contributed by atoms with van der Waals surface area (Å²) in [5.74, 6) is 0.746. The molecule has 0 radical (unpaired) electrons. The van der Waals surface area contributed by atoms with E-state index in [1.165, 1.54) is 0 Å². The van der Waals surface area contributed by atoms with E-state index < -0.39 is 6.23 Å². The van der Waals surface area contributed by atoms with Crippen molar-refractivity contribution in [2.24, 2.45) is 4.99 Å². The van der Waals surface area contributed by atoms with Crippen molar-refractivity contribution in [3.63, 3.8) is 0 Å². The third kappa shape index (κ3) is 1.88. The molecular formula is C12H8Br2N2O. The fourth-order valence-corrected chi connectivity index (χ4v) is 2.61. The summed E-state index contributed by atoms with van der Waals surface area (Å²) in [6.45, 7) is 0. The largest absolute Gasteiger partial charge is 0.369 e. The standard InChI is InChI=1S/C12H8Br2N2O/c13-7-1-3-10-9(5-7)12(17)16-6-8(14)2-4-11(16)15-10/h1-6,12,17H. The summed E-state index contributed by atoms with van der Waals surface area (Å²) in [6, 6.07) is 5.71. The molecule has 5 heteroatoms. The molecule has 0 fully saturated rings. The number of fused-ring (bicyclic) bond motifs is 2. The van der Waals surface area contributed by atoms with Gasteiger partial charge in [0.15, 0.2) is 6.23 Å². The van der Waals surface area contributed by atoms with Crippen molar-refractivity contribution in [3.8, 4) is 0 Å². The predicted molar refractivity (Wildman–Crippen MR) is 74.2 cm³/mol. The lowest BCUT2D eigenvalue weighted by Crippen LogP contribution is -2.33. The SMILES string of the molecule is OC1c2cc(Br)ccc2N=C2C=CC(Br)=CN21. The number of nitrogens with zero attached hydrogens (tertiary/aromatic N) is 2. The number of aliphatic imine (C=N–C) groups is 1. The lowest BCUT2D eigenvalue weighted by Gasteiger charge is -2.33. The maximum Gasteiger partial charge on any atom is 0.160 e. The number of aliphatic hydroxyl groups is 1. The van der Waals surface area contributed by atoms with Crippen LogP contribution in [-0.4, -0.2) is 15.8 Å². The molecule has 17 heavy (non-hydrogen) atoms. The van der Waals surface area contributed by atoms with Gasteiger partial charge in [-0.1, -0.05) is 15.9 Å². The monoisotopic (exact) mass is 354 g/mol. The van der Waals surface area contributed by atoms with Crippen LogP contribution in [-0.2, 0) is 0 Å². The Morgan fingerprint density at radius 2 is 2.06 bits per heavy atom. The second-order valence-electron chi connectivity index (χ2n) is 3.80. The number of halogens is 2. The smallest absolute Gasteiger partial charge is 0.160 e. The first kappa shape index (κ1) is 11.2. The van der Waals surface area contributed by atoms with Gasteiger partial charge in [0.25, 0.3) is 0 Å². The number of amidine groups is 1. The molecule has 1 aromatic carbocycles. The average molecular weight is 356 g/mol. The molecule has 2 heterocycles. The van der Waals surface area contributed by atoms with Crippen LogP contribution in [0.15, 0.2) is 50.5 Å². The second kappa shape index (κ2) is 4.08. The number of benzene rings is 1. The molecule has 0 spiro atoms. The number of hydrogen-bond donors (Lipinski definition) is 1. The van der Waals surface area contributed by atoms with Crippen molar-refractivity contribution in [2.45, 2.75) is 6.23 Å². The lowest BCUT2D eigenvalue weighted by atomic mass is 10.1. The van der Waals surface area contributed by atoms with Gasteiger partial charge in [0.05, 0.1) is 5.69 Å². The van der Waals surface area contributed by atoms with Gasteiger partial charge in [-0.3, -0.25) is 0 Å². The van der Waals surface area contributed by atoms with Crippen molar-refractivity contribution in [3.05, 3.63) is 51.1 Å². The molecule has 0 bridgehead atoms. The van der Waals surface area contributed by atoms with Crippen molar-refractivity contribution in [2.75, 3.05) is 0 Å². The van der Waals surface area contributed by atoms with Gasteiger partial charge < -0.3 is 10.0 Å². The van der Waals surface area contributed by atoms with E-state index in [0.717, 1.165) is 26.0 Å². The molecule has 1 aromatic rings. The summed E-state index contributed by atoms with van der Waals surface area (Å²) in [6.07, 6.45) is 4.91. The van der Waals surface area contributed by atoms with Crippen LogP contribution in [0.25, 0.3) is 0 Å². The van der Waals surface area contributed by atoms with E-state index in [2.05, 4.69) is 36.9 Å². The normalized spacial score (nSPS) is 21.6. The first-order valence-corrected chi connectivity index (χ1v) is 6.64. The molecule has 2 aliphatic heterocycles. The minimum Gasteiger partial charge on any atom is -0.369 e. The molecule has 2 aliphatic rings. The topological polar surface area (TPSA) is 35.8 Å². The lowest BCUT2D eigenvalue weighted by molar-refractivity contribution is 0.0803. The Morgan fingerprint density at radius 3 is 2.88 bits per heavy atom. The van der Waals surface area contributed by atoms with Crippen molar-refractivity contribution >= 4 is 43.4 Å². The molecule has 1 unspecified atom stereocenters. The van der Waals surface area contributed by atoms with Gasteiger partial charge in [0.1, 0.15) is 5.84 Å². The Kier molecular flexibility index (Phi) is 2.69. The summed E-state index contributed by atoms with van der Waals surface area (Å²) >= 11 is 6.79. The van der Waals surface area contributed by atoms with Crippen LogP contribution in [0, 0.1) is 0 Å². The predicted octanol–water partition coefficient (Wildman–Crippen LogP) is 3.59. The highest BCUT2D eigenvalue weighted by molar-refractivity contribution is 9.12. The Hall–Kier alpha value is -0.910. The zero-order valence-electron chi connectivity index (χ0n) is 8.64. The highest BCUT2D eigenvalue weighted by atomic mass is 79.9. The van der Waals surface area contributed by atoms with Crippen LogP contribution < -0.4 is 0 Å². The first-order valence-electron chi connectivity index (χ1n) is 5.05. The molecule has 0 aliphatic carbocycles. The summed E-state index contributed by atoms with van der Waals surface area (Å²) < 4.78 is 1.85. The van der Waals surface area contributed by atoms with E-state index in [4.69, 9.17) is 0 Å². The minimum absolute atomic E-state index is 0.701. The molecule has 0 aromatic heterocycles. The van der Waals surface area contributed by atoms with Crippen LogP contribution in [0.4, 0.5) is 5.69 Å². The van der Waals surface area contributed by atoms with Gasteiger partial charge in [0, 0.05) is 20.7 Å². The van der Waals surface area contributed by atoms with E-state index >= 15 is 0 Å². The van der Waals surface area contributed by atoms with Crippen LogP contribution in [0.2, 0.25) is 0 Å². The summed E-state index contributed by atoms with van der Waals surface area (Å²) in [5, 5.41) is 10.3. The highest BCUT2D eigenvalue weighted by Crippen LogP contribution is 2.37. The van der Waals surface area contributed by atoms with Gasteiger partial charge >= 0.3 is 0 Å². The second-order valence-corrected chi connectivity index (χ2v) is 5.63. The Balaban J connectivity index is 2.16. The molecule has 1 N–H and O–H groups in total. The zero-order chi connectivity index (χ0) is 12.0. The molecule has 86 valence electrons. The number of allylic oxidation sites excluding steroid dienone is 2. The van der Waals surface area contributed by atoms with Crippen LogP contribution in [0.5, 0.6) is 0 Å². The van der Waals surface area contributed by atoms with E-state index in [1.807, 2.05) is 36.6 Å². The van der Waals surface area contributed by atoms with Crippen molar-refractivity contribution in [1.29, 1.82) is 0 Å². The average Bonchev–Trinajstić information content (AvgIpc) is 2.32. The molecular weight excluding hydrogens is 348 g/mol. The molecule has 0 saturated carbocycles. The van der Waals surface area contributed by atoms with Crippen LogP contribution in [0.1, 0.15) is 11.8 Å². The van der Waals surface area contributed by atoms with Gasteiger partial charge in [-0.15, -0.1) is 0 Å². The molecule has 0 amide bonds. The van der Waals surface area contributed by atoms with E-state index in [0.29, 0.717) is 0 Å². The molecule has 0 saturated heterocycles. The minimum atomic E-state index is -0.701. The Bertz CT molecular complexity index is 578. The van der Waals surface area contributed by atoms with Gasteiger partial charge in [-0.2, -0.15) is 0 Å². The number of aliphatic hydroxyl groups excluding tert-OH is 1. The van der Waals surface area contributed by atoms with Gasteiger partial charge in [0.2, 0.25) is 0 Å². The fraction of sp³-hybridized carbons (Fsp3) is 0.0833. The van der Waals surface area contributed by atoms with Crippen LogP contribution in [0.3, 0.4) is 0 Å². The fourth-order valence-electron chi connectivity index (χ4n) is 1.88. The molecule has 1 atom stereocenters. The molecule has 3 nitrogen and oxygen atoms in total. The maximum absolute atomic E-state index is 10.3. The summed E-state index contributed by atoms with van der Waals surface area (Å²) in [4.78, 5) is 6.24. The summed E-state index contributed by atoms with van der Waals surface area (Å²) in [7, 11) is 0.